The van der Waals surface area contributed by atoms with Gasteiger partial charge in [-0.15, -0.1) is 0 Å². The molecule has 0 aliphatic heterocycles. The maximum absolute atomic E-state index is 10.9. The molecule has 3 aromatic carbocycles. The van der Waals surface area contributed by atoms with Crippen LogP contribution in [0.25, 0.3) is 0 Å². The van der Waals surface area contributed by atoms with E-state index >= 15 is 0 Å². The van der Waals surface area contributed by atoms with Crippen molar-refractivity contribution in [3.05, 3.63) is 95.0 Å². The van der Waals surface area contributed by atoms with Gasteiger partial charge < -0.3 is 10.6 Å². The van der Waals surface area contributed by atoms with Crippen molar-refractivity contribution < 1.29 is 4.92 Å². The third kappa shape index (κ3) is 6.59. The number of non-ortho nitro benzene ring substituents is 1. The summed E-state index contributed by atoms with van der Waals surface area (Å²) >= 11 is 5.60. The number of nitrogens with one attached hydrogen (secondary N) is 2. The zero-order valence-corrected chi connectivity index (χ0v) is 20.2. The molecule has 32 heavy (non-hydrogen) atoms. The maximum Gasteiger partial charge on any atom is 0.269 e. The predicted octanol–water partition coefficient (Wildman–Crippen LogP) is 5.43. The summed E-state index contributed by atoms with van der Waals surface area (Å²) in [4.78, 5) is 10.5. The van der Waals surface area contributed by atoms with Crippen molar-refractivity contribution in [1.29, 1.82) is 0 Å². The maximum atomic E-state index is 10.9. The van der Waals surface area contributed by atoms with E-state index in [9.17, 15) is 10.1 Å². The Morgan fingerprint density at radius 2 is 1.44 bits per heavy atom. The first kappa shape index (κ1) is 23.8. The van der Waals surface area contributed by atoms with Crippen LogP contribution in [0.3, 0.4) is 0 Å². The summed E-state index contributed by atoms with van der Waals surface area (Å²) in [7, 11) is -0.581. The van der Waals surface area contributed by atoms with Gasteiger partial charge in [0, 0.05) is 23.9 Å². The van der Waals surface area contributed by atoms with Crippen LogP contribution in [0.5, 0.6) is 0 Å². The number of hydrogen-bond donors (Lipinski definition) is 2. The second kappa shape index (κ2) is 10.7. The van der Waals surface area contributed by atoms with Gasteiger partial charge in [0.1, 0.15) is 0 Å². The van der Waals surface area contributed by atoms with Gasteiger partial charge in [0.2, 0.25) is 0 Å². The van der Waals surface area contributed by atoms with Crippen LogP contribution in [0.15, 0.2) is 84.9 Å². The molecule has 0 saturated heterocycles. The number of nitro benzene ring substituents is 1. The Labute approximate surface area is 196 Å². The molecule has 3 rings (SSSR count). The summed E-state index contributed by atoms with van der Waals surface area (Å²) in [6, 6.07) is 27.6. The van der Waals surface area contributed by atoms with Crippen molar-refractivity contribution in [1.82, 2.24) is 5.32 Å². The van der Waals surface area contributed by atoms with Crippen LogP contribution in [-0.2, 0) is 0 Å². The van der Waals surface area contributed by atoms with Crippen LogP contribution < -0.4 is 21.2 Å². The third-order valence-corrected chi connectivity index (χ3v) is 7.98. The molecule has 3 aromatic rings. The van der Waals surface area contributed by atoms with Crippen molar-refractivity contribution in [2.45, 2.75) is 26.8 Å². The molecule has 0 bridgehead atoms. The minimum absolute atomic E-state index is 0.0364. The lowest BCUT2D eigenvalue weighted by Crippen LogP contribution is -2.48. The molecule has 0 amide bonds. The third-order valence-electron chi connectivity index (χ3n) is 5.19. The van der Waals surface area contributed by atoms with Gasteiger partial charge in [-0.3, -0.25) is 10.1 Å². The smallest absolute Gasteiger partial charge is 0.269 e. The average molecular weight is 466 g/mol. The van der Waals surface area contributed by atoms with Gasteiger partial charge >= 0.3 is 0 Å². The molecular formula is C25H28N3O2PS. The molecule has 2 N–H and O–H groups in total. The van der Waals surface area contributed by atoms with Gasteiger partial charge in [0.05, 0.1) is 4.92 Å². The first-order chi connectivity index (χ1) is 15.2. The monoisotopic (exact) mass is 465 g/mol. The fourth-order valence-electron chi connectivity index (χ4n) is 3.29. The van der Waals surface area contributed by atoms with E-state index in [-0.39, 0.29) is 17.1 Å². The highest BCUT2D eigenvalue weighted by molar-refractivity contribution is 7.80. The number of nitrogens with zero attached hydrogens (tertiary/aromatic N) is 1. The molecule has 0 unspecified atom stereocenters. The molecule has 0 saturated carbocycles. The minimum atomic E-state index is -0.581. The van der Waals surface area contributed by atoms with Crippen LogP contribution in [0.1, 0.15) is 20.8 Å². The number of anilines is 1. The fraction of sp³-hybridized carbons (Fsp3) is 0.240. The second-order valence-corrected chi connectivity index (χ2v) is 11.3. The molecule has 0 aliphatic carbocycles. The number of nitro groups is 1. The van der Waals surface area contributed by atoms with Crippen LogP contribution in [-0.4, -0.2) is 22.2 Å². The molecule has 166 valence electrons. The number of rotatable bonds is 7. The summed E-state index contributed by atoms with van der Waals surface area (Å²) in [5, 5.41) is 20.7. The van der Waals surface area contributed by atoms with Crippen LogP contribution >= 0.6 is 20.1 Å². The highest BCUT2D eigenvalue weighted by Crippen LogP contribution is 2.38. The molecule has 0 heterocycles. The van der Waals surface area contributed by atoms with Crippen molar-refractivity contribution >= 4 is 47.2 Å². The summed E-state index contributed by atoms with van der Waals surface area (Å²) in [5.74, 6) is 0. The number of hydrogen-bond acceptors (Lipinski definition) is 3. The second-order valence-electron chi connectivity index (χ2n) is 8.60. The zero-order chi connectivity index (χ0) is 23.1. The molecule has 5 nitrogen and oxygen atoms in total. The van der Waals surface area contributed by atoms with Gasteiger partial charge in [0.15, 0.2) is 5.11 Å². The summed E-state index contributed by atoms with van der Waals surface area (Å²) in [6.45, 7) is 6.63. The number of thiocarbonyl (C=S) groups is 1. The van der Waals surface area contributed by atoms with E-state index < -0.39 is 12.8 Å². The van der Waals surface area contributed by atoms with E-state index in [1.807, 2.05) is 12.1 Å². The Kier molecular flexibility index (Phi) is 7.94. The van der Waals surface area contributed by atoms with Crippen LogP contribution in [0.2, 0.25) is 0 Å². The Morgan fingerprint density at radius 3 is 1.88 bits per heavy atom. The Morgan fingerprint density at radius 1 is 0.938 bits per heavy atom. The van der Waals surface area contributed by atoms with E-state index in [0.717, 1.165) is 6.16 Å². The van der Waals surface area contributed by atoms with Gasteiger partial charge in [-0.2, -0.15) is 0 Å². The Balaban J connectivity index is 1.79. The van der Waals surface area contributed by atoms with Crippen molar-refractivity contribution in [2.75, 3.05) is 11.5 Å². The van der Waals surface area contributed by atoms with E-state index in [0.29, 0.717) is 10.8 Å². The van der Waals surface area contributed by atoms with E-state index in [1.165, 1.54) is 22.7 Å². The minimum Gasteiger partial charge on any atom is -0.359 e. The fourth-order valence-corrected chi connectivity index (χ4v) is 6.33. The SMILES string of the molecule is CC(C)(C)[C@@H](CP(c1ccccc1)c1ccccc1)NC(=S)Nc1ccc([N+](=O)[O-])cc1. The zero-order valence-electron chi connectivity index (χ0n) is 18.5. The van der Waals surface area contributed by atoms with Crippen LogP contribution in [0.4, 0.5) is 11.4 Å². The van der Waals surface area contributed by atoms with Crippen molar-refractivity contribution in [2.24, 2.45) is 5.41 Å². The first-order valence-corrected chi connectivity index (χ1v) is 12.4. The molecule has 1 atom stereocenters. The van der Waals surface area contributed by atoms with E-state index in [2.05, 4.69) is 79.9 Å². The molecule has 0 fully saturated rings. The average Bonchev–Trinajstić information content (AvgIpc) is 2.77. The first-order valence-electron chi connectivity index (χ1n) is 10.4. The predicted molar refractivity (Wildman–Crippen MR) is 140 cm³/mol. The van der Waals surface area contributed by atoms with Gasteiger partial charge in [-0.25, -0.2) is 0 Å². The summed E-state index contributed by atoms with van der Waals surface area (Å²) in [5.41, 5.74) is 0.734. The molecule has 0 spiro atoms. The molecule has 0 radical (unpaired) electrons. The normalized spacial score (nSPS) is 12.2. The van der Waals surface area contributed by atoms with Gasteiger partial charge in [-0.05, 0) is 54.5 Å². The topological polar surface area (TPSA) is 67.2 Å². The quantitative estimate of drug-likeness (QED) is 0.211. The molecule has 0 aliphatic rings. The summed E-state index contributed by atoms with van der Waals surface area (Å²) in [6.07, 6.45) is 0.926. The highest BCUT2D eigenvalue weighted by Gasteiger charge is 2.29. The Bertz CT molecular complexity index is 999. The largest absolute Gasteiger partial charge is 0.359 e. The van der Waals surface area contributed by atoms with Gasteiger partial charge in [-0.1, -0.05) is 81.4 Å². The molecule has 0 aromatic heterocycles. The lowest BCUT2D eigenvalue weighted by molar-refractivity contribution is -0.384. The van der Waals surface area contributed by atoms with E-state index in [1.54, 1.807) is 12.1 Å². The lowest BCUT2D eigenvalue weighted by atomic mass is 9.88. The Hall–Kier alpha value is -2.82. The molecular weight excluding hydrogens is 437 g/mol. The van der Waals surface area contributed by atoms with Crippen molar-refractivity contribution in [3.63, 3.8) is 0 Å². The van der Waals surface area contributed by atoms with E-state index in [4.69, 9.17) is 12.2 Å². The standard InChI is InChI=1S/C25H28N3O2PS/c1-25(2,3)23(27-24(32)26-19-14-16-20(17-15-19)28(29)30)18-31(21-10-6-4-7-11-21)22-12-8-5-9-13-22/h4-17,23H,18H2,1-3H3,(H2,26,27,32)/t23-/m1/s1. The highest BCUT2D eigenvalue weighted by atomic mass is 32.1. The molecule has 7 heteroatoms. The lowest BCUT2D eigenvalue weighted by Gasteiger charge is -2.35. The summed E-state index contributed by atoms with van der Waals surface area (Å²) < 4.78 is 0. The number of benzene rings is 3. The van der Waals surface area contributed by atoms with Gasteiger partial charge in [0.25, 0.3) is 5.69 Å². The van der Waals surface area contributed by atoms with Crippen molar-refractivity contribution in [3.8, 4) is 0 Å². The van der Waals surface area contributed by atoms with Crippen LogP contribution in [0, 0.1) is 15.5 Å².